The zero-order valence-corrected chi connectivity index (χ0v) is 11.8. The fourth-order valence-corrected chi connectivity index (χ4v) is 1.02. The summed E-state index contributed by atoms with van der Waals surface area (Å²) in [5, 5.41) is 7.91. The summed E-state index contributed by atoms with van der Waals surface area (Å²) < 4.78 is 4.94. The maximum atomic E-state index is 10.8. The molecule has 0 heterocycles. The first-order valence-electron chi connectivity index (χ1n) is 6.60. The zero-order chi connectivity index (χ0) is 14.2. The largest absolute Gasteiger partial charge is 0.481 e. The van der Waals surface area contributed by atoms with Gasteiger partial charge in [0.1, 0.15) is 0 Å². The molecule has 0 unspecified atom stereocenters. The van der Waals surface area contributed by atoms with Crippen LogP contribution in [0.4, 0.5) is 0 Å². The predicted octanol–water partition coefficient (Wildman–Crippen LogP) is 3.56. The smallest absolute Gasteiger partial charge is 0.305 e. The van der Waals surface area contributed by atoms with E-state index in [-0.39, 0.29) is 5.97 Å². The molecule has 0 saturated heterocycles. The first-order chi connectivity index (χ1) is 8.58. The molecule has 1 N–H and O–H groups in total. The lowest BCUT2D eigenvalue weighted by molar-refractivity contribution is -0.143. The van der Waals surface area contributed by atoms with Gasteiger partial charge in [0, 0.05) is 12.8 Å². The lowest BCUT2D eigenvalue weighted by Gasteiger charge is -2.00. The van der Waals surface area contributed by atoms with E-state index < -0.39 is 5.97 Å². The summed E-state index contributed by atoms with van der Waals surface area (Å²) in [6.07, 6.45) is 8.43. The number of esters is 1. The van der Waals surface area contributed by atoms with Gasteiger partial charge >= 0.3 is 11.9 Å². The number of carbonyl (C=O) groups excluding carboxylic acids is 1. The molecule has 0 aliphatic heterocycles. The topological polar surface area (TPSA) is 63.6 Å². The van der Waals surface area contributed by atoms with Crippen molar-refractivity contribution in [3.05, 3.63) is 12.2 Å². The Labute approximate surface area is 110 Å². The molecule has 4 heteroatoms. The monoisotopic (exact) mass is 258 g/mol. The molecule has 4 nitrogen and oxygen atoms in total. The van der Waals surface area contributed by atoms with E-state index in [1.54, 1.807) is 0 Å². The average molecular weight is 258 g/mol. The van der Waals surface area contributed by atoms with E-state index >= 15 is 0 Å². The molecule has 0 aromatic carbocycles. The highest BCUT2D eigenvalue weighted by atomic mass is 16.5. The molecule has 0 aromatic rings. The van der Waals surface area contributed by atoms with Crippen LogP contribution in [0.5, 0.6) is 0 Å². The maximum absolute atomic E-state index is 10.8. The Kier molecular flexibility index (Phi) is 16.6. The van der Waals surface area contributed by atoms with E-state index in [9.17, 15) is 9.59 Å². The number of carbonyl (C=O) groups is 2. The van der Waals surface area contributed by atoms with Gasteiger partial charge in [0.15, 0.2) is 0 Å². The van der Waals surface area contributed by atoms with Crippen LogP contribution in [0.2, 0.25) is 0 Å². The van der Waals surface area contributed by atoms with Crippen molar-refractivity contribution in [2.45, 2.75) is 59.3 Å². The van der Waals surface area contributed by atoms with Crippen molar-refractivity contribution in [1.82, 2.24) is 0 Å². The van der Waals surface area contributed by atoms with Crippen LogP contribution in [0.3, 0.4) is 0 Å². The van der Waals surface area contributed by atoms with E-state index in [0.717, 1.165) is 25.7 Å². The van der Waals surface area contributed by atoms with Crippen molar-refractivity contribution in [3.8, 4) is 0 Å². The molecular formula is C14H26O4. The number of carboxylic acid groups (broad SMARTS) is 1. The van der Waals surface area contributed by atoms with Crippen molar-refractivity contribution in [2.24, 2.45) is 0 Å². The molecule has 0 fully saturated rings. The molecule has 0 aliphatic carbocycles. The van der Waals surface area contributed by atoms with Gasteiger partial charge in [0.2, 0.25) is 0 Å². The molecule has 0 rings (SSSR count). The molecule has 0 spiro atoms. The molecule has 0 aliphatic rings. The minimum atomic E-state index is -0.711. The van der Waals surface area contributed by atoms with Gasteiger partial charge in [0.05, 0.1) is 6.61 Å². The minimum absolute atomic E-state index is 0.0811. The Bertz CT molecular complexity index is 234. The van der Waals surface area contributed by atoms with Crippen molar-refractivity contribution >= 4 is 11.9 Å². The SMILES string of the molecule is CCC=CCCOC(=O)CCC.CCCC(=O)O. The van der Waals surface area contributed by atoms with Crippen molar-refractivity contribution in [3.63, 3.8) is 0 Å². The summed E-state index contributed by atoms with van der Waals surface area (Å²) in [5.41, 5.74) is 0. The number of carboxylic acids is 1. The third-order valence-electron chi connectivity index (χ3n) is 1.87. The van der Waals surface area contributed by atoms with Crippen LogP contribution in [0, 0.1) is 0 Å². The fraction of sp³-hybridized carbons (Fsp3) is 0.714. The second kappa shape index (κ2) is 15.7. The second-order valence-corrected chi connectivity index (χ2v) is 3.78. The Morgan fingerprint density at radius 2 is 1.67 bits per heavy atom. The van der Waals surface area contributed by atoms with Crippen molar-refractivity contribution in [1.29, 1.82) is 0 Å². The van der Waals surface area contributed by atoms with E-state index in [1.165, 1.54) is 0 Å². The van der Waals surface area contributed by atoms with Gasteiger partial charge in [-0.2, -0.15) is 0 Å². The normalized spacial score (nSPS) is 9.72. The van der Waals surface area contributed by atoms with Gasteiger partial charge in [0.25, 0.3) is 0 Å². The molecule has 0 saturated carbocycles. The van der Waals surface area contributed by atoms with Crippen LogP contribution < -0.4 is 0 Å². The molecule has 18 heavy (non-hydrogen) atoms. The van der Waals surface area contributed by atoms with Gasteiger partial charge in [-0.3, -0.25) is 9.59 Å². The van der Waals surface area contributed by atoms with Crippen LogP contribution >= 0.6 is 0 Å². The molecule has 0 bridgehead atoms. The minimum Gasteiger partial charge on any atom is -0.481 e. The Hall–Kier alpha value is -1.32. The third kappa shape index (κ3) is 20.1. The van der Waals surface area contributed by atoms with Crippen LogP contribution in [-0.2, 0) is 14.3 Å². The molecule has 0 radical (unpaired) electrons. The summed E-state index contributed by atoms with van der Waals surface area (Å²) >= 11 is 0. The molecule has 0 aromatic heterocycles. The van der Waals surface area contributed by atoms with Crippen LogP contribution in [0.1, 0.15) is 59.3 Å². The number of ether oxygens (including phenoxy) is 1. The Balaban J connectivity index is 0. The highest BCUT2D eigenvalue weighted by Crippen LogP contribution is 1.93. The molecule has 0 amide bonds. The number of aliphatic carboxylic acids is 1. The lowest BCUT2D eigenvalue weighted by Crippen LogP contribution is -2.04. The first kappa shape index (κ1) is 19.0. The second-order valence-electron chi connectivity index (χ2n) is 3.78. The zero-order valence-electron chi connectivity index (χ0n) is 11.8. The standard InChI is InChI=1S/C10H18O2.C4H8O2/c1-3-5-6-7-9-12-10(11)8-4-2;1-2-3-4(5)6/h5-6H,3-4,7-9H2,1-2H3;2-3H2,1H3,(H,5,6). The van der Waals surface area contributed by atoms with E-state index in [2.05, 4.69) is 13.0 Å². The van der Waals surface area contributed by atoms with Crippen molar-refractivity contribution in [2.75, 3.05) is 6.61 Å². The fourth-order valence-electron chi connectivity index (χ4n) is 1.02. The van der Waals surface area contributed by atoms with Gasteiger partial charge in [-0.15, -0.1) is 0 Å². The van der Waals surface area contributed by atoms with Gasteiger partial charge in [-0.1, -0.05) is 32.9 Å². The third-order valence-corrected chi connectivity index (χ3v) is 1.87. The van der Waals surface area contributed by atoms with Gasteiger partial charge < -0.3 is 9.84 Å². The Morgan fingerprint density at radius 3 is 2.06 bits per heavy atom. The van der Waals surface area contributed by atoms with Crippen molar-refractivity contribution < 1.29 is 19.4 Å². The van der Waals surface area contributed by atoms with Gasteiger partial charge in [-0.05, 0) is 25.7 Å². The lowest BCUT2D eigenvalue weighted by atomic mass is 10.3. The van der Waals surface area contributed by atoms with Crippen LogP contribution in [0.15, 0.2) is 12.2 Å². The quantitative estimate of drug-likeness (QED) is 0.411. The highest BCUT2D eigenvalue weighted by molar-refractivity contribution is 5.69. The molecular weight excluding hydrogens is 232 g/mol. The summed E-state index contributed by atoms with van der Waals surface area (Å²) in [6.45, 7) is 6.42. The Morgan fingerprint density at radius 1 is 1.06 bits per heavy atom. The predicted molar refractivity (Wildman–Crippen MR) is 72.5 cm³/mol. The number of hydrogen-bond donors (Lipinski definition) is 1. The summed E-state index contributed by atoms with van der Waals surface area (Å²) in [4.78, 5) is 20.4. The maximum Gasteiger partial charge on any atom is 0.305 e. The van der Waals surface area contributed by atoms with E-state index in [1.807, 2.05) is 19.9 Å². The highest BCUT2D eigenvalue weighted by Gasteiger charge is 1.97. The van der Waals surface area contributed by atoms with Gasteiger partial charge in [-0.25, -0.2) is 0 Å². The molecule has 106 valence electrons. The number of rotatable bonds is 8. The molecule has 0 atom stereocenters. The number of allylic oxidation sites excluding steroid dienone is 1. The summed E-state index contributed by atoms with van der Waals surface area (Å²) in [5.74, 6) is -0.792. The summed E-state index contributed by atoms with van der Waals surface area (Å²) in [6, 6.07) is 0. The van der Waals surface area contributed by atoms with Crippen LogP contribution in [-0.4, -0.2) is 23.7 Å². The summed E-state index contributed by atoms with van der Waals surface area (Å²) in [7, 11) is 0. The van der Waals surface area contributed by atoms with E-state index in [4.69, 9.17) is 9.84 Å². The van der Waals surface area contributed by atoms with Crippen LogP contribution in [0.25, 0.3) is 0 Å². The first-order valence-corrected chi connectivity index (χ1v) is 6.60. The van der Waals surface area contributed by atoms with E-state index in [0.29, 0.717) is 19.4 Å². The average Bonchev–Trinajstić information content (AvgIpc) is 2.30. The number of hydrogen-bond acceptors (Lipinski definition) is 3.